The van der Waals surface area contributed by atoms with E-state index in [0.717, 1.165) is 5.69 Å². The van der Waals surface area contributed by atoms with Crippen LogP contribution in [-0.2, 0) is 0 Å². The van der Waals surface area contributed by atoms with Gasteiger partial charge in [0.25, 0.3) is 0 Å². The molecule has 0 spiro atoms. The average Bonchev–Trinajstić information content (AvgIpc) is 2.76. The predicted molar refractivity (Wildman–Crippen MR) is 79.4 cm³/mol. The Labute approximate surface area is 113 Å². The number of thiazole rings is 1. The Kier molecular flexibility index (Phi) is 4.02. The van der Waals surface area contributed by atoms with Gasteiger partial charge >= 0.3 is 0 Å². The molecule has 1 N–H and O–H groups in total. The Balaban J connectivity index is 2.08. The minimum atomic E-state index is 0.308. The first-order valence-electron chi connectivity index (χ1n) is 6.34. The summed E-state index contributed by atoms with van der Waals surface area (Å²) < 4.78 is 0. The first-order valence-corrected chi connectivity index (χ1v) is 7.22. The minimum Gasteiger partial charge on any atom is -0.378 e. The van der Waals surface area contributed by atoms with Crippen LogP contribution < -0.4 is 5.32 Å². The molecule has 0 saturated heterocycles. The number of aromatic nitrogens is 1. The van der Waals surface area contributed by atoms with E-state index in [1.807, 2.05) is 5.51 Å². The number of hydrogen-bond acceptors (Lipinski definition) is 3. The van der Waals surface area contributed by atoms with Crippen LogP contribution in [0.2, 0.25) is 0 Å². The molecule has 0 aliphatic heterocycles. The molecule has 1 atom stereocenters. The molecule has 96 valence electrons. The van der Waals surface area contributed by atoms with Gasteiger partial charge in [0.1, 0.15) is 0 Å². The highest BCUT2D eigenvalue weighted by Gasteiger charge is 2.10. The molecule has 0 fully saturated rings. The van der Waals surface area contributed by atoms with Gasteiger partial charge in [0, 0.05) is 10.6 Å². The summed E-state index contributed by atoms with van der Waals surface area (Å²) in [6.07, 6.45) is 0. The van der Waals surface area contributed by atoms with E-state index in [4.69, 9.17) is 0 Å². The maximum Gasteiger partial charge on any atom is 0.0798 e. The van der Waals surface area contributed by atoms with Crippen molar-refractivity contribution < 1.29 is 0 Å². The molecule has 3 heteroatoms. The van der Waals surface area contributed by atoms with Crippen LogP contribution in [0.5, 0.6) is 0 Å². The molecular formula is C15H20N2S. The highest BCUT2D eigenvalue weighted by molar-refractivity contribution is 7.09. The molecule has 2 rings (SSSR count). The normalized spacial score (nSPS) is 12.7. The van der Waals surface area contributed by atoms with Crippen molar-refractivity contribution in [2.45, 2.75) is 39.7 Å². The lowest BCUT2D eigenvalue weighted by Crippen LogP contribution is -2.06. The van der Waals surface area contributed by atoms with Crippen molar-refractivity contribution >= 4 is 17.0 Å². The molecular weight excluding hydrogens is 240 g/mol. The van der Waals surface area contributed by atoms with Crippen LogP contribution >= 0.6 is 11.3 Å². The second-order valence-electron chi connectivity index (χ2n) is 4.94. The number of benzene rings is 1. The minimum absolute atomic E-state index is 0.308. The Morgan fingerprint density at radius 1 is 1.11 bits per heavy atom. The quantitative estimate of drug-likeness (QED) is 0.858. The number of anilines is 1. The molecule has 1 aromatic carbocycles. The fraction of sp³-hybridized carbons (Fsp3) is 0.400. The van der Waals surface area contributed by atoms with Crippen LogP contribution in [-0.4, -0.2) is 4.98 Å². The summed E-state index contributed by atoms with van der Waals surface area (Å²) in [5, 5.41) is 3.52. The molecule has 1 heterocycles. The van der Waals surface area contributed by atoms with Gasteiger partial charge in [-0.1, -0.05) is 26.0 Å². The summed E-state index contributed by atoms with van der Waals surface area (Å²) in [5.74, 6) is 0.584. The summed E-state index contributed by atoms with van der Waals surface area (Å²) in [4.78, 5) is 5.60. The SMILES string of the molecule is Cc1ncsc1C(C)Nc1ccc(C(C)C)cc1. The molecule has 1 unspecified atom stereocenters. The van der Waals surface area contributed by atoms with Gasteiger partial charge in [-0.3, -0.25) is 0 Å². The second-order valence-corrected chi connectivity index (χ2v) is 5.83. The van der Waals surface area contributed by atoms with Crippen LogP contribution in [0.15, 0.2) is 29.8 Å². The van der Waals surface area contributed by atoms with E-state index in [9.17, 15) is 0 Å². The summed E-state index contributed by atoms with van der Waals surface area (Å²) in [6.45, 7) is 8.67. The first kappa shape index (κ1) is 13.1. The Hall–Kier alpha value is -1.35. The monoisotopic (exact) mass is 260 g/mol. The third kappa shape index (κ3) is 2.91. The van der Waals surface area contributed by atoms with Crippen LogP contribution in [0.25, 0.3) is 0 Å². The van der Waals surface area contributed by atoms with E-state index < -0.39 is 0 Å². The molecule has 0 radical (unpaired) electrons. The molecule has 0 amide bonds. The van der Waals surface area contributed by atoms with E-state index in [1.54, 1.807) is 11.3 Å². The maximum atomic E-state index is 4.30. The van der Waals surface area contributed by atoms with Crippen molar-refractivity contribution in [2.24, 2.45) is 0 Å². The highest BCUT2D eigenvalue weighted by Crippen LogP contribution is 2.26. The van der Waals surface area contributed by atoms with Gasteiger partial charge in [0.2, 0.25) is 0 Å². The molecule has 2 nitrogen and oxygen atoms in total. The molecule has 0 saturated carbocycles. The van der Waals surface area contributed by atoms with Crippen molar-refractivity contribution in [1.82, 2.24) is 4.98 Å². The molecule has 18 heavy (non-hydrogen) atoms. The van der Waals surface area contributed by atoms with E-state index in [-0.39, 0.29) is 0 Å². The lowest BCUT2D eigenvalue weighted by molar-refractivity contribution is 0.863. The molecule has 0 aliphatic carbocycles. The maximum absolute atomic E-state index is 4.30. The summed E-state index contributed by atoms with van der Waals surface area (Å²) in [7, 11) is 0. The fourth-order valence-corrected chi connectivity index (χ4v) is 2.82. The van der Waals surface area contributed by atoms with Crippen LogP contribution in [0.3, 0.4) is 0 Å². The molecule has 1 aromatic heterocycles. The number of hydrogen-bond donors (Lipinski definition) is 1. The predicted octanol–water partition coefficient (Wildman–Crippen LogP) is 4.75. The third-order valence-electron chi connectivity index (χ3n) is 3.14. The van der Waals surface area contributed by atoms with E-state index >= 15 is 0 Å². The van der Waals surface area contributed by atoms with Gasteiger partial charge < -0.3 is 5.32 Å². The van der Waals surface area contributed by atoms with Crippen LogP contribution in [0.4, 0.5) is 5.69 Å². The topological polar surface area (TPSA) is 24.9 Å². The number of aryl methyl sites for hydroxylation is 1. The molecule has 2 aromatic rings. The van der Waals surface area contributed by atoms with Gasteiger partial charge in [0.15, 0.2) is 0 Å². The molecule has 0 bridgehead atoms. The first-order chi connectivity index (χ1) is 8.58. The number of nitrogens with one attached hydrogen (secondary N) is 1. The Morgan fingerprint density at radius 2 is 1.78 bits per heavy atom. The Morgan fingerprint density at radius 3 is 2.28 bits per heavy atom. The van der Waals surface area contributed by atoms with Gasteiger partial charge in [-0.05, 0) is 37.5 Å². The zero-order valence-corrected chi connectivity index (χ0v) is 12.2. The van der Waals surface area contributed by atoms with Crippen molar-refractivity contribution in [3.05, 3.63) is 45.9 Å². The second kappa shape index (κ2) is 5.53. The summed E-state index contributed by atoms with van der Waals surface area (Å²) in [6, 6.07) is 9.01. The van der Waals surface area contributed by atoms with Gasteiger partial charge in [0.05, 0.1) is 17.2 Å². The van der Waals surface area contributed by atoms with E-state index in [1.165, 1.54) is 16.1 Å². The zero-order chi connectivity index (χ0) is 13.1. The van der Waals surface area contributed by atoms with E-state index in [0.29, 0.717) is 12.0 Å². The standard InChI is InChI=1S/C15H20N2S/c1-10(2)13-5-7-14(8-6-13)17-12(4)15-11(3)16-9-18-15/h5-10,12,17H,1-4H3. The van der Waals surface area contributed by atoms with Crippen molar-refractivity contribution in [2.75, 3.05) is 5.32 Å². The number of rotatable bonds is 4. The number of nitrogens with zero attached hydrogens (tertiary/aromatic N) is 1. The summed E-state index contributed by atoms with van der Waals surface area (Å²) in [5.41, 5.74) is 5.57. The van der Waals surface area contributed by atoms with Gasteiger partial charge in [-0.15, -0.1) is 11.3 Å². The highest BCUT2D eigenvalue weighted by atomic mass is 32.1. The lowest BCUT2D eigenvalue weighted by atomic mass is 10.0. The fourth-order valence-electron chi connectivity index (χ4n) is 2.01. The summed E-state index contributed by atoms with van der Waals surface area (Å²) >= 11 is 1.71. The van der Waals surface area contributed by atoms with Crippen molar-refractivity contribution in [3.8, 4) is 0 Å². The van der Waals surface area contributed by atoms with E-state index in [2.05, 4.69) is 62.3 Å². The smallest absolute Gasteiger partial charge is 0.0798 e. The lowest BCUT2D eigenvalue weighted by Gasteiger charge is -2.15. The van der Waals surface area contributed by atoms with Crippen LogP contribution in [0.1, 0.15) is 48.9 Å². The Bertz CT molecular complexity index is 499. The average molecular weight is 260 g/mol. The van der Waals surface area contributed by atoms with Gasteiger partial charge in [-0.2, -0.15) is 0 Å². The largest absolute Gasteiger partial charge is 0.378 e. The van der Waals surface area contributed by atoms with Crippen molar-refractivity contribution in [1.29, 1.82) is 0 Å². The third-order valence-corrected chi connectivity index (χ3v) is 4.25. The van der Waals surface area contributed by atoms with Gasteiger partial charge in [-0.25, -0.2) is 4.98 Å². The zero-order valence-electron chi connectivity index (χ0n) is 11.4. The van der Waals surface area contributed by atoms with Crippen LogP contribution in [0, 0.1) is 6.92 Å². The molecule has 0 aliphatic rings. The van der Waals surface area contributed by atoms with Crippen molar-refractivity contribution in [3.63, 3.8) is 0 Å².